The first-order valence-corrected chi connectivity index (χ1v) is 5.66. The molecule has 2 aromatic heterocycles. The van der Waals surface area contributed by atoms with Gasteiger partial charge in [0.05, 0.1) is 5.69 Å². The number of hydrogen-bond donors (Lipinski definition) is 0. The predicted octanol–water partition coefficient (Wildman–Crippen LogP) is 1.36. The van der Waals surface area contributed by atoms with Crippen molar-refractivity contribution in [1.29, 1.82) is 0 Å². The molecule has 0 aliphatic rings. The van der Waals surface area contributed by atoms with E-state index in [0.717, 1.165) is 10.7 Å². The van der Waals surface area contributed by atoms with Crippen LogP contribution in [0.3, 0.4) is 0 Å². The lowest BCUT2D eigenvalue weighted by Crippen LogP contribution is -2.05. The molecule has 0 bridgehead atoms. The summed E-state index contributed by atoms with van der Waals surface area (Å²) in [7, 11) is 0. The van der Waals surface area contributed by atoms with Crippen LogP contribution in [0.25, 0.3) is 5.13 Å². The number of rotatable bonds is 3. The molecule has 0 atom stereocenters. The number of aldehydes is 1. The molecule has 0 aliphatic heterocycles. The quantitative estimate of drug-likeness (QED) is 0.753. The number of hydrogen-bond acceptors (Lipinski definition) is 6. The SMILES string of the molecule is Cc1nnc(-n2nnc(C=O)c2C(C)C)s1. The van der Waals surface area contributed by atoms with Crippen molar-refractivity contribution in [1.82, 2.24) is 25.2 Å². The van der Waals surface area contributed by atoms with E-state index in [1.165, 1.54) is 11.3 Å². The molecule has 2 aromatic rings. The van der Waals surface area contributed by atoms with E-state index in [2.05, 4.69) is 20.5 Å². The van der Waals surface area contributed by atoms with Crippen LogP contribution in [0.15, 0.2) is 0 Å². The smallest absolute Gasteiger partial charge is 0.234 e. The fourth-order valence-electron chi connectivity index (χ4n) is 1.44. The van der Waals surface area contributed by atoms with E-state index >= 15 is 0 Å². The standard InChI is InChI=1S/C9H11N5OS/c1-5(2)8-7(4-15)11-13-14(8)9-12-10-6(3)16-9/h4-5H,1-3H3. The largest absolute Gasteiger partial charge is 0.296 e. The van der Waals surface area contributed by atoms with Gasteiger partial charge in [-0.2, -0.15) is 4.68 Å². The van der Waals surface area contributed by atoms with Crippen molar-refractivity contribution >= 4 is 17.6 Å². The van der Waals surface area contributed by atoms with Crippen LogP contribution >= 0.6 is 11.3 Å². The molecule has 0 N–H and O–H groups in total. The predicted molar refractivity (Wildman–Crippen MR) is 59.0 cm³/mol. The maximum atomic E-state index is 10.8. The maximum Gasteiger partial charge on any atom is 0.234 e. The number of nitrogens with zero attached hydrogens (tertiary/aromatic N) is 5. The fraction of sp³-hybridized carbons (Fsp3) is 0.444. The Hall–Kier alpha value is -1.63. The van der Waals surface area contributed by atoms with Crippen molar-refractivity contribution in [2.24, 2.45) is 0 Å². The molecule has 0 saturated carbocycles. The van der Waals surface area contributed by atoms with Crippen LogP contribution in [0.5, 0.6) is 0 Å². The Kier molecular flexibility index (Phi) is 2.78. The third-order valence-electron chi connectivity index (χ3n) is 2.09. The number of carbonyl (C=O) groups excluding carboxylic acids is 1. The van der Waals surface area contributed by atoms with E-state index in [-0.39, 0.29) is 5.92 Å². The van der Waals surface area contributed by atoms with E-state index in [0.29, 0.717) is 17.1 Å². The van der Waals surface area contributed by atoms with Crippen molar-refractivity contribution in [2.75, 3.05) is 0 Å². The van der Waals surface area contributed by atoms with Crippen LogP contribution in [-0.4, -0.2) is 31.5 Å². The normalized spacial score (nSPS) is 11.0. The van der Waals surface area contributed by atoms with Crippen LogP contribution in [0.4, 0.5) is 0 Å². The molecule has 0 radical (unpaired) electrons. The van der Waals surface area contributed by atoms with Crippen LogP contribution < -0.4 is 0 Å². The zero-order valence-corrected chi connectivity index (χ0v) is 10.0. The van der Waals surface area contributed by atoms with Gasteiger partial charge in [0.1, 0.15) is 10.7 Å². The van der Waals surface area contributed by atoms with Gasteiger partial charge in [-0.3, -0.25) is 4.79 Å². The summed E-state index contributed by atoms with van der Waals surface area (Å²) in [5.41, 5.74) is 1.13. The van der Waals surface area contributed by atoms with Gasteiger partial charge in [-0.25, -0.2) is 0 Å². The minimum Gasteiger partial charge on any atom is -0.296 e. The van der Waals surface area contributed by atoms with Crippen molar-refractivity contribution in [2.45, 2.75) is 26.7 Å². The molecule has 0 aliphatic carbocycles. The number of aryl methyl sites for hydroxylation is 1. The second-order valence-corrected chi connectivity index (χ2v) is 4.81. The van der Waals surface area contributed by atoms with Gasteiger partial charge in [-0.1, -0.05) is 30.4 Å². The summed E-state index contributed by atoms with van der Waals surface area (Å²) >= 11 is 1.42. The van der Waals surface area contributed by atoms with Gasteiger partial charge < -0.3 is 0 Å². The maximum absolute atomic E-state index is 10.8. The second kappa shape index (κ2) is 4.09. The Morgan fingerprint density at radius 1 is 1.31 bits per heavy atom. The topological polar surface area (TPSA) is 73.6 Å². The highest BCUT2D eigenvalue weighted by Crippen LogP contribution is 2.22. The van der Waals surface area contributed by atoms with Crippen LogP contribution in [-0.2, 0) is 0 Å². The molecular weight excluding hydrogens is 226 g/mol. The fourth-order valence-corrected chi connectivity index (χ4v) is 2.09. The molecule has 2 heterocycles. The average molecular weight is 237 g/mol. The summed E-state index contributed by atoms with van der Waals surface area (Å²) in [5.74, 6) is 0.152. The lowest BCUT2D eigenvalue weighted by Gasteiger charge is -2.05. The molecule has 16 heavy (non-hydrogen) atoms. The first kappa shape index (κ1) is 10.9. The van der Waals surface area contributed by atoms with E-state index in [1.807, 2.05) is 20.8 Å². The highest BCUT2D eigenvalue weighted by Gasteiger charge is 2.18. The summed E-state index contributed by atoms with van der Waals surface area (Å²) in [5, 5.41) is 17.2. The van der Waals surface area contributed by atoms with E-state index in [9.17, 15) is 4.79 Å². The number of carbonyl (C=O) groups is 1. The summed E-state index contributed by atoms with van der Waals surface area (Å²) in [6.45, 7) is 5.83. The third-order valence-corrected chi connectivity index (χ3v) is 2.90. The second-order valence-electron chi connectivity index (χ2n) is 3.65. The van der Waals surface area contributed by atoms with E-state index < -0.39 is 0 Å². The first-order valence-electron chi connectivity index (χ1n) is 4.84. The number of aromatic nitrogens is 5. The highest BCUT2D eigenvalue weighted by molar-refractivity contribution is 7.13. The zero-order chi connectivity index (χ0) is 11.7. The molecule has 0 aromatic carbocycles. The van der Waals surface area contributed by atoms with Gasteiger partial charge in [0, 0.05) is 0 Å². The summed E-state index contributed by atoms with van der Waals surface area (Å²) in [4.78, 5) is 10.8. The van der Waals surface area contributed by atoms with Crippen molar-refractivity contribution in [3.63, 3.8) is 0 Å². The lowest BCUT2D eigenvalue weighted by atomic mass is 10.1. The Balaban J connectivity index is 2.57. The molecule has 84 valence electrons. The van der Waals surface area contributed by atoms with Gasteiger partial charge >= 0.3 is 0 Å². The molecule has 2 rings (SSSR count). The summed E-state index contributed by atoms with van der Waals surface area (Å²) < 4.78 is 1.58. The zero-order valence-electron chi connectivity index (χ0n) is 9.21. The lowest BCUT2D eigenvalue weighted by molar-refractivity contribution is 0.111. The molecular formula is C9H11N5OS. The van der Waals surface area contributed by atoms with Gasteiger partial charge in [-0.15, -0.1) is 15.3 Å². The van der Waals surface area contributed by atoms with Gasteiger partial charge in [-0.05, 0) is 12.8 Å². The Labute approximate surface area is 96.3 Å². The minimum absolute atomic E-state index is 0.152. The van der Waals surface area contributed by atoms with Crippen molar-refractivity contribution < 1.29 is 4.79 Å². The van der Waals surface area contributed by atoms with Crippen molar-refractivity contribution in [3.8, 4) is 5.13 Å². The average Bonchev–Trinajstić information content (AvgIpc) is 2.82. The van der Waals surface area contributed by atoms with Gasteiger partial charge in [0.2, 0.25) is 5.13 Å². The molecule has 0 amide bonds. The Morgan fingerprint density at radius 2 is 2.06 bits per heavy atom. The summed E-state index contributed by atoms with van der Waals surface area (Å²) in [6, 6.07) is 0. The highest BCUT2D eigenvalue weighted by atomic mass is 32.1. The monoisotopic (exact) mass is 237 g/mol. The Morgan fingerprint density at radius 3 is 2.56 bits per heavy atom. The van der Waals surface area contributed by atoms with Gasteiger partial charge in [0.15, 0.2) is 6.29 Å². The summed E-state index contributed by atoms with van der Waals surface area (Å²) in [6.07, 6.45) is 0.715. The van der Waals surface area contributed by atoms with Crippen LogP contribution in [0, 0.1) is 6.92 Å². The van der Waals surface area contributed by atoms with E-state index in [4.69, 9.17) is 0 Å². The third kappa shape index (κ3) is 1.73. The van der Waals surface area contributed by atoms with Crippen LogP contribution in [0.2, 0.25) is 0 Å². The minimum atomic E-state index is 0.152. The van der Waals surface area contributed by atoms with Crippen LogP contribution in [0.1, 0.15) is 41.0 Å². The molecule has 0 saturated heterocycles. The molecule has 0 fully saturated rings. The molecule has 0 spiro atoms. The first-order chi connectivity index (χ1) is 7.63. The molecule has 6 nitrogen and oxygen atoms in total. The van der Waals surface area contributed by atoms with Gasteiger partial charge in [0.25, 0.3) is 0 Å². The molecule has 0 unspecified atom stereocenters. The van der Waals surface area contributed by atoms with E-state index in [1.54, 1.807) is 4.68 Å². The van der Waals surface area contributed by atoms with Crippen molar-refractivity contribution in [3.05, 3.63) is 16.4 Å². The Bertz CT molecular complexity index is 516. The molecule has 7 heteroatoms.